The van der Waals surface area contributed by atoms with Gasteiger partial charge in [0.2, 0.25) is 0 Å². The second-order valence-electron chi connectivity index (χ2n) is 4.55. The highest BCUT2D eigenvalue weighted by Gasteiger charge is 2.27. The van der Waals surface area contributed by atoms with E-state index in [9.17, 15) is 18.0 Å². The first kappa shape index (κ1) is 12.7. The average Bonchev–Trinajstić information content (AvgIpc) is 2.37. The molecular weight excluding hydrogens is 269 g/mol. The van der Waals surface area contributed by atoms with Crippen LogP contribution in [0.1, 0.15) is 5.56 Å². The standard InChI is InChI=1S/C14H9F3N2O/c15-14(16,17)6-8-1-2-10-9-3-4-18-7-11(9)13(20)19-12(10)5-8/h1-5,7H,6H2,(H,19,20). The lowest BCUT2D eigenvalue weighted by Crippen LogP contribution is -2.12. The van der Waals surface area contributed by atoms with Crippen molar-refractivity contribution in [3.8, 4) is 0 Å². The third-order valence-corrected chi connectivity index (χ3v) is 3.09. The lowest BCUT2D eigenvalue weighted by molar-refractivity contribution is -0.127. The number of hydrogen-bond donors (Lipinski definition) is 1. The van der Waals surface area contributed by atoms with Gasteiger partial charge in [-0.3, -0.25) is 9.78 Å². The number of hydrogen-bond acceptors (Lipinski definition) is 2. The monoisotopic (exact) mass is 278 g/mol. The fraction of sp³-hybridized carbons (Fsp3) is 0.143. The largest absolute Gasteiger partial charge is 0.393 e. The van der Waals surface area contributed by atoms with Crippen LogP contribution in [-0.4, -0.2) is 16.1 Å². The minimum atomic E-state index is -4.27. The second kappa shape index (κ2) is 4.33. The molecule has 2 aromatic heterocycles. The molecule has 0 aliphatic rings. The lowest BCUT2D eigenvalue weighted by Gasteiger charge is -2.08. The van der Waals surface area contributed by atoms with E-state index in [1.165, 1.54) is 18.3 Å². The molecule has 0 aliphatic heterocycles. The highest BCUT2D eigenvalue weighted by Crippen LogP contribution is 2.25. The summed E-state index contributed by atoms with van der Waals surface area (Å²) in [5.74, 6) is 0. The summed E-state index contributed by atoms with van der Waals surface area (Å²) in [4.78, 5) is 18.3. The predicted molar refractivity (Wildman–Crippen MR) is 69.6 cm³/mol. The third kappa shape index (κ3) is 2.24. The highest BCUT2D eigenvalue weighted by molar-refractivity contribution is 6.04. The van der Waals surface area contributed by atoms with Gasteiger partial charge in [0.1, 0.15) is 0 Å². The Labute approximate surface area is 111 Å². The molecule has 0 unspecified atom stereocenters. The molecule has 0 radical (unpaired) electrons. The first-order valence-electron chi connectivity index (χ1n) is 5.89. The molecule has 3 nitrogen and oxygen atoms in total. The Kier molecular flexibility index (Phi) is 2.74. The molecule has 0 saturated heterocycles. The predicted octanol–water partition coefficient (Wildman–Crippen LogP) is 3.18. The summed E-state index contributed by atoms with van der Waals surface area (Å²) >= 11 is 0. The van der Waals surface area contributed by atoms with Gasteiger partial charge in [-0.15, -0.1) is 0 Å². The molecule has 0 saturated carbocycles. The molecular formula is C14H9F3N2O. The Morgan fingerprint density at radius 2 is 1.90 bits per heavy atom. The third-order valence-electron chi connectivity index (χ3n) is 3.09. The SMILES string of the molecule is O=c1[nH]c2cc(CC(F)(F)F)ccc2c2ccncc12. The molecule has 0 atom stereocenters. The van der Waals surface area contributed by atoms with Crippen LogP contribution in [0.25, 0.3) is 21.7 Å². The maximum atomic E-state index is 12.4. The van der Waals surface area contributed by atoms with Crippen LogP contribution in [-0.2, 0) is 6.42 Å². The van der Waals surface area contributed by atoms with E-state index < -0.39 is 12.6 Å². The summed E-state index contributed by atoms with van der Waals surface area (Å²) in [6.45, 7) is 0. The fourth-order valence-corrected chi connectivity index (χ4v) is 2.27. The van der Waals surface area contributed by atoms with E-state index >= 15 is 0 Å². The van der Waals surface area contributed by atoms with Crippen molar-refractivity contribution in [2.24, 2.45) is 0 Å². The minimum absolute atomic E-state index is 0.119. The topological polar surface area (TPSA) is 45.8 Å². The summed E-state index contributed by atoms with van der Waals surface area (Å²) in [6, 6.07) is 6.06. The average molecular weight is 278 g/mol. The zero-order chi connectivity index (χ0) is 14.3. The van der Waals surface area contributed by atoms with Gasteiger partial charge in [-0.1, -0.05) is 12.1 Å². The van der Waals surface area contributed by atoms with E-state index in [1.54, 1.807) is 18.3 Å². The van der Waals surface area contributed by atoms with Crippen molar-refractivity contribution in [1.29, 1.82) is 0 Å². The second-order valence-corrected chi connectivity index (χ2v) is 4.55. The Bertz CT molecular complexity index is 852. The van der Waals surface area contributed by atoms with Crippen LogP contribution in [0.5, 0.6) is 0 Å². The molecule has 6 heteroatoms. The van der Waals surface area contributed by atoms with Gasteiger partial charge in [-0.05, 0) is 23.1 Å². The fourth-order valence-electron chi connectivity index (χ4n) is 2.27. The number of fused-ring (bicyclic) bond motifs is 3. The first-order chi connectivity index (χ1) is 9.44. The van der Waals surface area contributed by atoms with Crippen LogP contribution in [0, 0.1) is 0 Å². The van der Waals surface area contributed by atoms with Crippen LogP contribution in [0.15, 0.2) is 41.5 Å². The molecule has 0 amide bonds. The van der Waals surface area contributed by atoms with Crippen LogP contribution in [0.2, 0.25) is 0 Å². The number of H-pyrrole nitrogens is 1. The van der Waals surface area contributed by atoms with Gasteiger partial charge in [0.05, 0.1) is 11.8 Å². The number of aromatic nitrogens is 2. The van der Waals surface area contributed by atoms with E-state index in [1.807, 2.05) is 0 Å². The Morgan fingerprint density at radius 3 is 2.65 bits per heavy atom. The van der Waals surface area contributed by atoms with E-state index in [4.69, 9.17) is 0 Å². The van der Waals surface area contributed by atoms with Crippen molar-refractivity contribution in [2.75, 3.05) is 0 Å². The normalized spacial score (nSPS) is 12.2. The molecule has 20 heavy (non-hydrogen) atoms. The van der Waals surface area contributed by atoms with Crippen molar-refractivity contribution < 1.29 is 13.2 Å². The van der Waals surface area contributed by atoms with Crippen LogP contribution >= 0.6 is 0 Å². The van der Waals surface area contributed by atoms with Crippen LogP contribution < -0.4 is 5.56 Å². The van der Waals surface area contributed by atoms with Gasteiger partial charge >= 0.3 is 6.18 Å². The molecule has 2 heterocycles. The molecule has 0 aliphatic carbocycles. The van der Waals surface area contributed by atoms with Gasteiger partial charge in [-0.25, -0.2) is 0 Å². The Balaban J connectivity index is 2.26. The summed E-state index contributed by atoms with van der Waals surface area (Å²) < 4.78 is 37.2. The van der Waals surface area contributed by atoms with Crippen molar-refractivity contribution >= 4 is 21.7 Å². The van der Waals surface area contributed by atoms with E-state index in [2.05, 4.69) is 9.97 Å². The summed E-state index contributed by atoms with van der Waals surface area (Å²) in [5, 5.41) is 1.80. The van der Waals surface area contributed by atoms with Crippen molar-refractivity contribution in [3.63, 3.8) is 0 Å². The van der Waals surface area contributed by atoms with Crippen LogP contribution in [0.3, 0.4) is 0 Å². The number of pyridine rings is 2. The number of nitrogens with one attached hydrogen (secondary N) is 1. The number of benzene rings is 1. The molecule has 1 N–H and O–H groups in total. The number of aromatic amines is 1. The number of nitrogens with zero attached hydrogens (tertiary/aromatic N) is 1. The minimum Gasteiger partial charge on any atom is -0.321 e. The van der Waals surface area contributed by atoms with Crippen molar-refractivity contribution in [1.82, 2.24) is 9.97 Å². The lowest BCUT2D eigenvalue weighted by atomic mass is 10.0. The van der Waals surface area contributed by atoms with Gasteiger partial charge in [0.25, 0.3) is 5.56 Å². The van der Waals surface area contributed by atoms with E-state index in [0.717, 1.165) is 0 Å². The van der Waals surface area contributed by atoms with E-state index in [0.29, 0.717) is 21.7 Å². The molecule has 1 aromatic carbocycles. The van der Waals surface area contributed by atoms with Crippen molar-refractivity contribution in [2.45, 2.75) is 12.6 Å². The molecule has 3 aromatic rings. The first-order valence-corrected chi connectivity index (χ1v) is 5.89. The summed E-state index contributed by atoms with van der Waals surface area (Å²) in [7, 11) is 0. The highest BCUT2D eigenvalue weighted by atomic mass is 19.4. The quantitative estimate of drug-likeness (QED) is 0.695. The molecule has 3 rings (SSSR count). The maximum absolute atomic E-state index is 12.4. The zero-order valence-corrected chi connectivity index (χ0v) is 10.2. The van der Waals surface area contributed by atoms with Crippen molar-refractivity contribution in [3.05, 3.63) is 52.6 Å². The Morgan fingerprint density at radius 1 is 1.10 bits per heavy atom. The molecule has 0 spiro atoms. The number of alkyl halides is 3. The smallest absolute Gasteiger partial charge is 0.321 e. The van der Waals surface area contributed by atoms with Gasteiger partial charge in [0, 0.05) is 23.3 Å². The summed E-state index contributed by atoms with van der Waals surface area (Å²) in [5.41, 5.74) is 0.161. The summed E-state index contributed by atoms with van der Waals surface area (Å²) in [6.07, 6.45) is -2.30. The number of halogens is 3. The van der Waals surface area contributed by atoms with Crippen LogP contribution in [0.4, 0.5) is 13.2 Å². The zero-order valence-electron chi connectivity index (χ0n) is 10.2. The molecule has 0 bridgehead atoms. The molecule has 102 valence electrons. The van der Waals surface area contributed by atoms with E-state index in [-0.39, 0.29) is 11.1 Å². The number of rotatable bonds is 1. The van der Waals surface area contributed by atoms with Gasteiger partial charge in [-0.2, -0.15) is 13.2 Å². The maximum Gasteiger partial charge on any atom is 0.393 e. The Hall–Kier alpha value is -2.37. The molecule has 0 fully saturated rings. The van der Waals surface area contributed by atoms with Gasteiger partial charge in [0.15, 0.2) is 0 Å². The van der Waals surface area contributed by atoms with Gasteiger partial charge < -0.3 is 4.98 Å².